The molecule has 3 rings (SSSR count). The molecule has 118 valence electrons. The molecule has 0 spiro atoms. The van der Waals surface area contributed by atoms with Gasteiger partial charge in [0.2, 0.25) is 0 Å². The molecular weight excluding hydrogens is 280 g/mol. The van der Waals surface area contributed by atoms with Gasteiger partial charge in [-0.2, -0.15) is 0 Å². The molecular formula is C17H22N2O3. The molecule has 0 N–H and O–H groups in total. The maximum Gasteiger partial charge on any atom is 0.269 e. The highest BCUT2D eigenvalue weighted by Gasteiger charge is 2.39. The number of non-ortho nitro benzene ring substituents is 1. The van der Waals surface area contributed by atoms with Crippen LogP contribution >= 0.6 is 0 Å². The standard InChI is InChI=1S/C17H22N2O3/c1-12-6-7-13-4-2-3-5-16(13)18(12)17(20)14-8-10-15(11-9-14)19(21)22/h8-13,16H,2-7H2,1H3. The third kappa shape index (κ3) is 2.72. The van der Waals surface area contributed by atoms with E-state index in [0.717, 1.165) is 12.8 Å². The zero-order valence-electron chi connectivity index (χ0n) is 12.9. The first-order valence-corrected chi connectivity index (χ1v) is 8.15. The minimum atomic E-state index is -0.436. The minimum absolute atomic E-state index is 0.0267. The molecule has 0 aromatic heterocycles. The molecule has 1 aromatic carbocycles. The molecule has 1 aromatic rings. The van der Waals surface area contributed by atoms with Crippen molar-refractivity contribution in [3.05, 3.63) is 39.9 Å². The summed E-state index contributed by atoms with van der Waals surface area (Å²) in [7, 11) is 0. The second-order valence-corrected chi connectivity index (χ2v) is 6.55. The Morgan fingerprint density at radius 2 is 1.82 bits per heavy atom. The zero-order valence-corrected chi connectivity index (χ0v) is 12.9. The van der Waals surface area contributed by atoms with Crippen LogP contribution in [0.5, 0.6) is 0 Å². The Balaban J connectivity index is 1.83. The second-order valence-electron chi connectivity index (χ2n) is 6.55. The van der Waals surface area contributed by atoms with E-state index in [2.05, 4.69) is 11.8 Å². The molecule has 0 bridgehead atoms. The number of piperidine rings is 1. The summed E-state index contributed by atoms with van der Waals surface area (Å²) in [6.45, 7) is 2.12. The molecule has 1 aliphatic carbocycles. The summed E-state index contributed by atoms with van der Waals surface area (Å²) in [4.78, 5) is 25.3. The third-order valence-electron chi connectivity index (χ3n) is 5.22. The van der Waals surface area contributed by atoms with Gasteiger partial charge in [0.25, 0.3) is 11.6 Å². The molecule has 1 heterocycles. The normalized spacial score (nSPS) is 28.0. The van der Waals surface area contributed by atoms with Crippen molar-refractivity contribution in [3.63, 3.8) is 0 Å². The lowest BCUT2D eigenvalue weighted by Gasteiger charge is -2.47. The lowest BCUT2D eigenvalue weighted by Crippen LogP contribution is -2.53. The average Bonchev–Trinajstić information content (AvgIpc) is 2.54. The highest BCUT2D eigenvalue weighted by molar-refractivity contribution is 5.95. The molecule has 1 saturated carbocycles. The molecule has 1 aliphatic heterocycles. The number of nitro groups is 1. The van der Waals surface area contributed by atoms with Gasteiger partial charge < -0.3 is 4.90 Å². The third-order valence-corrected chi connectivity index (χ3v) is 5.22. The van der Waals surface area contributed by atoms with Crippen molar-refractivity contribution >= 4 is 11.6 Å². The van der Waals surface area contributed by atoms with Crippen LogP contribution in [0.4, 0.5) is 5.69 Å². The van der Waals surface area contributed by atoms with Gasteiger partial charge in [-0.3, -0.25) is 14.9 Å². The SMILES string of the molecule is CC1CCC2CCCCC2N1C(=O)c1ccc([N+](=O)[O-])cc1. The molecule has 3 unspecified atom stereocenters. The van der Waals surface area contributed by atoms with Gasteiger partial charge in [-0.1, -0.05) is 12.8 Å². The van der Waals surface area contributed by atoms with E-state index in [1.54, 1.807) is 12.1 Å². The number of hydrogen-bond donors (Lipinski definition) is 0. The highest BCUT2D eigenvalue weighted by Crippen LogP contribution is 2.38. The lowest BCUT2D eigenvalue weighted by molar-refractivity contribution is -0.384. The predicted octanol–water partition coefficient (Wildman–Crippen LogP) is 3.78. The number of nitro benzene ring substituents is 1. The number of carbonyl (C=O) groups is 1. The van der Waals surface area contributed by atoms with E-state index < -0.39 is 4.92 Å². The first-order valence-electron chi connectivity index (χ1n) is 8.15. The van der Waals surface area contributed by atoms with Crippen molar-refractivity contribution in [2.45, 2.75) is 57.5 Å². The topological polar surface area (TPSA) is 63.5 Å². The van der Waals surface area contributed by atoms with E-state index in [4.69, 9.17) is 0 Å². The van der Waals surface area contributed by atoms with Crippen LogP contribution in [-0.2, 0) is 0 Å². The fraction of sp³-hybridized carbons (Fsp3) is 0.588. The van der Waals surface area contributed by atoms with Gasteiger partial charge in [0.05, 0.1) is 4.92 Å². The number of hydrogen-bond acceptors (Lipinski definition) is 3. The Morgan fingerprint density at radius 3 is 2.50 bits per heavy atom. The van der Waals surface area contributed by atoms with Gasteiger partial charge in [-0.25, -0.2) is 0 Å². The van der Waals surface area contributed by atoms with E-state index in [0.29, 0.717) is 17.5 Å². The number of amides is 1. The molecule has 5 heteroatoms. The largest absolute Gasteiger partial charge is 0.333 e. The van der Waals surface area contributed by atoms with Crippen LogP contribution in [0.2, 0.25) is 0 Å². The fourth-order valence-corrected chi connectivity index (χ4v) is 4.04. The summed E-state index contributed by atoms with van der Waals surface area (Å²) in [6, 6.07) is 6.60. The first-order chi connectivity index (χ1) is 10.6. The molecule has 3 atom stereocenters. The Kier molecular flexibility index (Phi) is 4.14. The number of benzene rings is 1. The van der Waals surface area contributed by atoms with Crippen LogP contribution in [-0.4, -0.2) is 27.8 Å². The molecule has 0 radical (unpaired) electrons. The monoisotopic (exact) mass is 302 g/mol. The molecule has 1 amide bonds. The van der Waals surface area contributed by atoms with Crippen LogP contribution in [0.15, 0.2) is 24.3 Å². The van der Waals surface area contributed by atoms with Crippen molar-refractivity contribution in [3.8, 4) is 0 Å². The van der Waals surface area contributed by atoms with E-state index in [-0.39, 0.29) is 17.6 Å². The number of rotatable bonds is 2. The Labute approximate surface area is 130 Å². The van der Waals surface area contributed by atoms with Crippen molar-refractivity contribution in [2.24, 2.45) is 5.92 Å². The van der Waals surface area contributed by atoms with Gasteiger partial charge in [-0.05, 0) is 50.7 Å². The molecule has 22 heavy (non-hydrogen) atoms. The van der Waals surface area contributed by atoms with Crippen molar-refractivity contribution in [1.29, 1.82) is 0 Å². The van der Waals surface area contributed by atoms with Crippen molar-refractivity contribution in [1.82, 2.24) is 4.90 Å². The summed E-state index contributed by atoms with van der Waals surface area (Å²) in [5, 5.41) is 10.7. The van der Waals surface area contributed by atoms with E-state index >= 15 is 0 Å². The summed E-state index contributed by atoms with van der Waals surface area (Å²) < 4.78 is 0. The van der Waals surface area contributed by atoms with E-state index in [1.165, 1.54) is 37.8 Å². The molecule has 2 fully saturated rings. The number of nitrogens with zero attached hydrogens (tertiary/aromatic N) is 2. The number of likely N-dealkylation sites (tertiary alicyclic amines) is 1. The summed E-state index contributed by atoms with van der Waals surface area (Å²) in [5.74, 6) is 0.658. The molecule has 5 nitrogen and oxygen atoms in total. The maximum atomic E-state index is 12.9. The Bertz CT molecular complexity index is 570. The highest BCUT2D eigenvalue weighted by atomic mass is 16.6. The van der Waals surface area contributed by atoms with Gasteiger partial charge >= 0.3 is 0 Å². The van der Waals surface area contributed by atoms with Crippen molar-refractivity contribution in [2.75, 3.05) is 0 Å². The fourth-order valence-electron chi connectivity index (χ4n) is 4.04. The van der Waals surface area contributed by atoms with Crippen LogP contribution < -0.4 is 0 Å². The summed E-state index contributed by atoms with van der Waals surface area (Å²) >= 11 is 0. The average molecular weight is 302 g/mol. The van der Waals surface area contributed by atoms with Crippen molar-refractivity contribution < 1.29 is 9.72 Å². The Hall–Kier alpha value is -1.91. The summed E-state index contributed by atoms with van der Waals surface area (Å²) in [6.07, 6.45) is 7.05. The number of fused-ring (bicyclic) bond motifs is 1. The smallest absolute Gasteiger partial charge is 0.269 e. The van der Waals surface area contributed by atoms with Crippen LogP contribution in [0.1, 0.15) is 55.8 Å². The minimum Gasteiger partial charge on any atom is -0.333 e. The second kappa shape index (κ2) is 6.07. The van der Waals surface area contributed by atoms with E-state index in [1.807, 2.05) is 0 Å². The molecule has 1 saturated heterocycles. The van der Waals surface area contributed by atoms with Gasteiger partial charge in [0.1, 0.15) is 0 Å². The quantitative estimate of drug-likeness (QED) is 0.617. The van der Waals surface area contributed by atoms with Crippen LogP contribution in [0.3, 0.4) is 0 Å². The van der Waals surface area contributed by atoms with E-state index in [9.17, 15) is 14.9 Å². The lowest BCUT2D eigenvalue weighted by atomic mass is 9.76. The first kappa shape index (κ1) is 15.0. The van der Waals surface area contributed by atoms with Gasteiger partial charge in [-0.15, -0.1) is 0 Å². The molecule has 2 aliphatic rings. The van der Waals surface area contributed by atoms with Crippen LogP contribution in [0, 0.1) is 16.0 Å². The Morgan fingerprint density at radius 1 is 1.14 bits per heavy atom. The van der Waals surface area contributed by atoms with Crippen LogP contribution in [0.25, 0.3) is 0 Å². The van der Waals surface area contributed by atoms with Gasteiger partial charge in [0.15, 0.2) is 0 Å². The maximum absolute atomic E-state index is 12.9. The van der Waals surface area contributed by atoms with Gasteiger partial charge in [0, 0.05) is 29.8 Å². The zero-order chi connectivity index (χ0) is 15.7. The number of carbonyl (C=O) groups excluding carboxylic acids is 1. The summed E-state index contributed by atoms with van der Waals surface area (Å²) in [5.41, 5.74) is 0.586. The predicted molar refractivity (Wildman–Crippen MR) is 83.7 cm³/mol.